The predicted molar refractivity (Wildman–Crippen MR) is 69.9 cm³/mol. The first kappa shape index (κ1) is 15.9. The Kier molecular flexibility index (Phi) is 7.25. The van der Waals surface area contributed by atoms with Gasteiger partial charge in [-0.2, -0.15) is 0 Å². The molecule has 0 unspecified atom stereocenters. The van der Waals surface area contributed by atoms with Crippen LogP contribution in [0.5, 0.6) is 0 Å². The zero-order valence-corrected chi connectivity index (χ0v) is 12.1. The van der Waals surface area contributed by atoms with Gasteiger partial charge in [0.05, 0.1) is 11.2 Å². The molecule has 0 saturated carbocycles. The Morgan fingerprint density at radius 3 is 1.94 bits per heavy atom. The summed E-state index contributed by atoms with van der Waals surface area (Å²) in [5.41, 5.74) is 0.0180. The molecule has 0 aliphatic heterocycles. The summed E-state index contributed by atoms with van der Waals surface area (Å²) in [5, 5.41) is 0. The monoisotopic (exact) mass is 230 g/mol. The summed E-state index contributed by atoms with van der Waals surface area (Å²) in [4.78, 5) is 0. The Hall–Kier alpha value is -0.0800. The van der Waals surface area contributed by atoms with Gasteiger partial charge < -0.3 is 9.47 Å². The van der Waals surface area contributed by atoms with Crippen LogP contribution in [0.15, 0.2) is 0 Å². The van der Waals surface area contributed by atoms with Crippen molar-refractivity contribution in [1.82, 2.24) is 0 Å². The van der Waals surface area contributed by atoms with Crippen molar-refractivity contribution in [2.45, 2.75) is 77.9 Å². The maximum Gasteiger partial charge on any atom is 0.0626 e. The van der Waals surface area contributed by atoms with Crippen molar-refractivity contribution >= 4 is 0 Å². The second-order valence-corrected chi connectivity index (χ2v) is 5.78. The van der Waals surface area contributed by atoms with Crippen LogP contribution < -0.4 is 0 Å². The van der Waals surface area contributed by atoms with Crippen molar-refractivity contribution < 1.29 is 9.47 Å². The summed E-state index contributed by atoms with van der Waals surface area (Å²) in [6.07, 6.45) is 5.75. The van der Waals surface area contributed by atoms with Gasteiger partial charge in [-0.3, -0.25) is 0 Å². The van der Waals surface area contributed by atoms with Crippen LogP contribution in [0.4, 0.5) is 0 Å². The standard InChI is InChI=1S/C14H30O2/c1-7-8-10-14(4,5)16-12-9-11-13(2,3)15-6/h7-12H2,1-6H3. The molecule has 0 bridgehead atoms. The fourth-order valence-corrected chi connectivity index (χ4v) is 1.62. The third kappa shape index (κ3) is 8.12. The Morgan fingerprint density at radius 1 is 0.875 bits per heavy atom. The third-order valence-electron chi connectivity index (χ3n) is 3.10. The van der Waals surface area contributed by atoms with Gasteiger partial charge in [0.15, 0.2) is 0 Å². The van der Waals surface area contributed by atoms with E-state index in [-0.39, 0.29) is 11.2 Å². The molecule has 0 saturated heterocycles. The topological polar surface area (TPSA) is 18.5 Å². The average molecular weight is 230 g/mol. The van der Waals surface area contributed by atoms with Gasteiger partial charge in [0.1, 0.15) is 0 Å². The first-order valence-electron chi connectivity index (χ1n) is 6.52. The molecule has 0 heterocycles. The molecule has 0 aliphatic rings. The highest BCUT2D eigenvalue weighted by Crippen LogP contribution is 2.20. The number of methoxy groups -OCH3 is 1. The van der Waals surface area contributed by atoms with E-state index in [0.717, 1.165) is 25.9 Å². The predicted octanol–water partition coefficient (Wildman–Crippen LogP) is 4.18. The van der Waals surface area contributed by atoms with Crippen LogP contribution in [0.1, 0.15) is 66.7 Å². The number of rotatable bonds is 9. The molecular formula is C14H30O2. The highest BCUT2D eigenvalue weighted by atomic mass is 16.5. The molecule has 0 aromatic carbocycles. The maximum absolute atomic E-state index is 5.92. The largest absolute Gasteiger partial charge is 0.379 e. The Labute approximate surface area is 102 Å². The van der Waals surface area contributed by atoms with E-state index < -0.39 is 0 Å². The van der Waals surface area contributed by atoms with Crippen LogP contribution in [0.2, 0.25) is 0 Å². The van der Waals surface area contributed by atoms with Gasteiger partial charge >= 0.3 is 0 Å². The minimum absolute atomic E-state index is 0.0169. The Bertz CT molecular complexity index is 174. The molecule has 0 rings (SSSR count). The van der Waals surface area contributed by atoms with Gasteiger partial charge in [-0.25, -0.2) is 0 Å². The van der Waals surface area contributed by atoms with E-state index in [9.17, 15) is 0 Å². The Morgan fingerprint density at radius 2 is 1.44 bits per heavy atom. The molecule has 0 aromatic heterocycles. The maximum atomic E-state index is 5.92. The molecule has 0 aliphatic carbocycles. The lowest BCUT2D eigenvalue weighted by Gasteiger charge is -2.27. The van der Waals surface area contributed by atoms with E-state index in [0.29, 0.717) is 0 Å². The molecule has 0 N–H and O–H groups in total. The van der Waals surface area contributed by atoms with Crippen LogP contribution in [0.3, 0.4) is 0 Å². The highest BCUT2D eigenvalue weighted by molar-refractivity contribution is 4.70. The molecular weight excluding hydrogens is 200 g/mol. The second-order valence-electron chi connectivity index (χ2n) is 5.78. The van der Waals surface area contributed by atoms with Gasteiger partial charge in [0.25, 0.3) is 0 Å². The fraction of sp³-hybridized carbons (Fsp3) is 1.00. The summed E-state index contributed by atoms with van der Waals surface area (Å²) in [5.74, 6) is 0. The first-order chi connectivity index (χ1) is 7.33. The summed E-state index contributed by atoms with van der Waals surface area (Å²) >= 11 is 0. The average Bonchev–Trinajstić information content (AvgIpc) is 2.22. The van der Waals surface area contributed by atoms with Crippen LogP contribution in [-0.2, 0) is 9.47 Å². The molecule has 0 fully saturated rings. The number of hydrogen-bond donors (Lipinski definition) is 0. The van der Waals surface area contributed by atoms with Crippen LogP contribution >= 0.6 is 0 Å². The molecule has 0 atom stereocenters. The van der Waals surface area contributed by atoms with Crippen molar-refractivity contribution in [3.63, 3.8) is 0 Å². The van der Waals surface area contributed by atoms with E-state index in [2.05, 4.69) is 34.6 Å². The third-order valence-corrected chi connectivity index (χ3v) is 3.10. The summed E-state index contributed by atoms with van der Waals surface area (Å²) in [7, 11) is 1.77. The van der Waals surface area contributed by atoms with Crippen LogP contribution in [0, 0.1) is 0 Å². The van der Waals surface area contributed by atoms with Crippen molar-refractivity contribution in [3.8, 4) is 0 Å². The second kappa shape index (κ2) is 7.29. The van der Waals surface area contributed by atoms with Gasteiger partial charge in [0, 0.05) is 13.7 Å². The zero-order chi connectivity index (χ0) is 12.7. The van der Waals surface area contributed by atoms with E-state index in [1.165, 1.54) is 12.8 Å². The molecule has 98 valence electrons. The molecule has 16 heavy (non-hydrogen) atoms. The minimum atomic E-state index is -0.0169. The van der Waals surface area contributed by atoms with Crippen LogP contribution in [0.25, 0.3) is 0 Å². The fourth-order valence-electron chi connectivity index (χ4n) is 1.62. The highest BCUT2D eigenvalue weighted by Gasteiger charge is 2.19. The Balaban J connectivity index is 3.64. The zero-order valence-electron chi connectivity index (χ0n) is 12.1. The molecule has 2 heteroatoms. The molecule has 0 aromatic rings. The number of hydrogen-bond acceptors (Lipinski definition) is 2. The molecule has 2 nitrogen and oxygen atoms in total. The van der Waals surface area contributed by atoms with Gasteiger partial charge in [-0.15, -0.1) is 0 Å². The minimum Gasteiger partial charge on any atom is -0.379 e. The quantitative estimate of drug-likeness (QED) is 0.553. The van der Waals surface area contributed by atoms with Gasteiger partial charge in [-0.1, -0.05) is 19.8 Å². The molecule has 0 radical (unpaired) electrons. The van der Waals surface area contributed by atoms with E-state index >= 15 is 0 Å². The lowest BCUT2D eigenvalue weighted by atomic mass is 10.0. The van der Waals surface area contributed by atoms with E-state index in [1.807, 2.05) is 0 Å². The van der Waals surface area contributed by atoms with Gasteiger partial charge in [-0.05, 0) is 47.0 Å². The van der Waals surface area contributed by atoms with E-state index in [1.54, 1.807) is 7.11 Å². The number of ether oxygens (including phenoxy) is 2. The smallest absolute Gasteiger partial charge is 0.0626 e. The SMILES string of the molecule is CCCCC(C)(C)OCCCC(C)(C)OC. The van der Waals surface area contributed by atoms with Gasteiger partial charge in [0.2, 0.25) is 0 Å². The van der Waals surface area contributed by atoms with Crippen LogP contribution in [-0.4, -0.2) is 24.9 Å². The normalized spacial score (nSPS) is 13.1. The van der Waals surface area contributed by atoms with Crippen molar-refractivity contribution in [1.29, 1.82) is 0 Å². The van der Waals surface area contributed by atoms with Crippen molar-refractivity contribution in [2.24, 2.45) is 0 Å². The molecule has 0 amide bonds. The summed E-state index contributed by atoms with van der Waals surface area (Å²) in [6, 6.07) is 0. The molecule has 0 spiro atoms. The van der Waals surface area contributed by atoms with Crippen molar-refractivity contribution in [3.05, 3.63) is 0 Å². The summed E-state index contributed by atoms with van der Waals surface area (Å²) in [6.45, 7) is 11.7. The van der Waals surface area contributed by atoms with Crippen molar-refractivity contribution in [2.75, 3.05) is 13.7 Å². The lowest BCUT2D eigenvalue weighted by molar-refractivity contribution is -0.0399. The first-order valence-corrected chi connectivity index (χ1v) is 6.52. The summed E-state index contributed by atoms with van der Waals surface area (Å²) < 4.78 is 11.3. The number of unbranched alkanes of at least 4 members (excludes halogenated alkanes) is 1. The lowest BCUT2D eigenvalue weighted by Crippen LogP contribution is -2.27. The van der Waals surface area contributed by atoms with E-state index in [4.69, 9.17) is 9.47 Å².